The molecular weight excluding hydrogens is 402 g/mol. The Labute approximate surface area is 161 Å². The zero-order valence-corrected chi connectivity index (χ0v) is 15.6. The molecule has 2 aromatic heterocycles. The number of hydrogen-bond acceptors (Lipinski definition) is 5. The van der Waals surface area contributed by atoms with Crippen LogP contribution in [0.5, 0.6) is 0 Å². The summed E-state index contributed by atoms with van der Waals surface area (Å²) >= 11 is 7.76. The van der Waals surface area contributed by atoms with Gasteiger partial charge in [-0.2, -0.15) is 8.78 Å². The van der Waals surface area contributed by atoms with Crippen LogP contribution in [0.25, 0.3) is 0 Å². The summed E-state index contributed by atoms with van der Waals surface area (Å²) in [6.45, 7) is 0. The lowest BCUT2D eigenvalue weighted by atomic mass is 10.1. The number of alkyl halides is 2. The monoisotopic (exact) mass is 414 g/mol. The lowest BCUT2D eigenvalue weighted by Gasteiger charge is -1.99. The summed E-state index contributed by atoms with van der Waals surface area (Å²) in [5.41, 5.74) is 1.05. The molecule has 0 aliphatic carbocycles. The highest BCUT2D eigenvalue weighted by Crippen LogP contribution is 2.24. The van der Waals surface area contributed by atoms with Gasteiger partial charge in [-0.05, 0) is 29.8 Å². The highest BCUT2D eigenvalue weighted by atomic mass is 35.5. The molecule has 136 valence electrons. The molecular formula is C17H13ClF2N2O2S2. The Morgan fingerprint density at radius 1 is 1.35 bits per heavy atom. The van der Waals surface area contributed by atoms with E-state index in [9.17, 15) is 13.6 Å². The van der Waals surface area contributed by atoms with Crippen LogP contribution in [0.4, 0.5) is 13.9 Å². The van der Waals surface area contributed by atoms with Gasteiger partial charge in [0.25, 0.3) is 11.7 Å². The van der Waals surface area contributed by atoms with E-state index in [0.717, 1.165) is 10.4 Å². The summed E-state index contributed by atoms with van der Waals surface area (Å²) in [4.78, 5) is 17.3. The highest BCUT2D eigenvalue weighted by molar-refractivity contribution is 7.98. The third kappa shape index (κ3) is 5.30. The molecule has 0 fully saturated rings. The number of carbonyl (C=O) groups excluding carboxylic acids is 1. The van der Waals surface area contributed by atoms with Crippen molar-refractivity contribution in [3.05, 3.63) is 69.6 Å². The van der Waals surface area contributed by atoms with Gasteiger partial charge in [0, 0.05) is 22.5 Å². The molecule has 0 radical (unpaired) electrons. The van der Waals surface area contributed by atoms with E-state index < -0.39 is 11.7 Å². The lowest BCUT2D eigenvalue weighted by molar-refractivity contribution is 0.0995. The van der Waals surface area contributed by atoms with Crippen molar-refractivity contribution in [2.45, 2.75) is 17.9 Å². The predicted molar refractivity (Wildman–Crippen MR) is 100 cm³/mol. The summed E-state index contributed by atoms with van der Waals surface area (Å²) in [6.07, 6.45) is 2.35. The first kappa shape index (κ1) is 18.9. The van der Waals surface area contributed by atoms with Gasteiger partial charge in [-0.1, -0.05) is 35.5 Å². The van der Waals surface area contributed by atoms with Gasteiger partial charge in [-0.15, -0.1) is 11.3 Å². The zero-order valence-electron chi connectivity index (χ0n) is 13.2. The normalized spacial score (nSPS) is 11.1. The number of thioether (sulfide) groups is 1. The average molecular weight is 415 g/mol. The number of nitrogens with one attached hydrogen (secondary N) is 1. The van der Waals surface area contributed by atoms with Crippen LogP contribution in [-0.2, 0) is 12.2 Å². The Morgan fingerprint density at radius 2 is 2.19 bits per heavy atom. The van der Waals surface area contributed by atoms with Gasteiger partial charge in [-0.25, -0.2) is 4.98 Å². The smallest absolute Gasteiger partial charge is 0.293 e. The number of nitrogens with zero attached hydrogens (tertiary/aromatic N) is 1. The first-order valence-electron chi connectivity index (χ1n) is 7.48. The molecule has 1 aromatic carbocycles. The molecule has 0 saturated carbocycles. The topological polar surface area (TPSA) is 55.1 Å². The van der Waals surface area contributed by atoms with Gasteiger partial charge in [-0.3, -0.25) is 10.1 Å². The number of carbonyl (C=O) groups is 1. The van der Waals surface area contributed by atoms with E-state index in [1.165, 1.54) is 23.5 Å². The lowest BCUT2D eigenvalue weighted by Crippen LogP contribution is -2.10. The van der Waals surface area contributed by atoms with Crippen LogP contribution in [0.3, 0.4) is 0 Å². The number of aromatic nitrogens is 1. The number of halogens is 3. The second kappa shape index (κ2) is 8.66. The summed E-state index contributed by atoms with van der Waals surface area (Å²) in [6, 6.07) is 10.5. The maximum absolute atomic E-state index is 12.2. The minimum atomic E-state index is -2.48. The van der Waals surface area contributed by atoms with Crippen molar-refractivity contribution >= 4 is 45.7 Å². The first-order chi connectivity index (χ1) is 12.5. The number of anilines is 1. The van der Waals surface area contributed by atoms with Crippen molar-refractivity contribution in [3.63, 3.8) is 0 Å². The molecule has 0 unspecified atom stereocenters. The van der Waals surface area contributed by atoms with Crippen molar-refractivity contribution in [2.24, 2.45) is 0 Å². The molecule has 0 aliphatic heterocycles. The molecule has 0 spiro atoms. The summed E-state index contributed by atoms with van der Waals surface area (Å²) in [5.74, 6) is -2.57. The highest BCUT2D eigenvalue weighted by Gasteiger charge is 2.14. The Balaban J connectivity index is 1.59. The largest absolute Gasteiger partial charge is 0.455 e. The van der Waals surface area contributed by atoms with E-state index in [0.29, 0.717) is 34.1 Å². The summed E-state index contributed by atoms with van der Waals surface area (Å²) in [5, 5.41) is 3.75. The minimum Gasteiger partial charge on any atom is -0.455 e. The number of amides is 1. The fraction of sp³-hybridized carbons (Fsp3) is 0.176. The second-order valence-electron chi connectivity index (χ2n) is 5.23. The molecule has 0 aliphatic rings. The third-order valence-corrected chi connectivity index (χ3v) is 5.13. The Kier molecular flexibility index (Phi) is 6.29. The van der Waals surface area contributed by atoms with Gasteiger partial charge in [0.1, 0.15) is 5.76 Å². The summed E-state index contributed by atoms with van der Waals surface area (Å²) in [7, 11) is 0. The number of thiazole rings is 1. The molecule has 1 N–H and O–H groups in total. The molecule has 0 saturated heterocycles. The van der Waals surface area contributed by atoms with Crippen molar-refractivity contribution in [1.82, 2.24) is 4.98 Å². The standard InChI is InChI=1S/C17H13ClF2N2O2S2/c18-11-3-1-2-10(6-11)7-13-8-21-17(26-13)22-15(23)14-5-4-12(24-14)9-25-16(19)20/h1-6,8,16H,7,9H2,(H,21,22,23). The molecule has 3 aromatic rings. The molecule has 1 amide bonds. The van der Waals surface area contributed by atoms with E-state index >= 15 is 0 Å². The second-order valence-corrected chi connectivity index (χ2v) is 7.76. The molecule has 4 nitrogen and oxygen atoms in total. The van der Waals surface area contributed by atoms with Crippen LogP contribution in [0, 0.1) is 0 Å². The molecule has 2 heterocycles. The maximum Gasteiger partial charge on any atom is 0.293 e. The predicted octanol–water partition coefficient (Wildman–Crippen LogP) is 5.69. The SMILES string of the molecule is O=C(Nc1ncc(Cc2cccc(Cl)c2)s1)c1ccc(CSC(F)F)o1. The molecule has 0 atom stereocenters. The minimum absolute atomic E-state index is 0.00593. The van der Waals surface area contributed by atoms with Gasteiger partial charge < -0.3 is 4.42 Å². The van der Waals surface area contributed by atoms with E-state index in [1.54, 1.807) is 12.3 Å². The van der Waals surface area contributed by atoms with Crippen molar-refractivity contribution < 1.29 is 18.0 Å². The average Bonchev–Trinajstić information content (AvgIpc) is 3.22. The number of hydrogen-bond donors (Lipinski definition) is 1. The zero-order chi connectivity index (χ0) is 18.5. The van der Waals surface area contributed by atoms with Crippen LogP contribution in [0.15, 0.2) is 47.0 Å². The Hall–Kier alpha value is -1.90. The molecule has 9 heteroatoms. The summed E-state index contributed by atoms with van der Waals surface area (Å²) < 4.78 is 29.6. The van der Waals surface area contributed by atoms with Crippen LogP contribution >= 0.6 is 34.7 Å². The fourth-order valence-electron chi connectivity index (χ4n) is 2.18. The van der Waals surface area contributed by atoms with Crippen LogP contribution < -0.4 is 5.32 Å². The van der Waals surface area contributed by atoms with Crippen LogP contribution in [0.1, 0.15) is 26.8 Å². The Bertz CT molecular complexity index is 898. The van der Waals surface area contributed by atoms with Crippen LogP contribution in [-0.4, -0.2) is 16.6 Å². The fourth-order valence-corrected chi connectivity index (χ4v) is 3.68. The quantitative estimate of drug-likeness (QED) is 0.539. The number of rotatable bonds is 7. The van der Waals surface area contributed by atoms with Gasteiger partial charge in [0.2, 0.25) is 0 Å². The number of furan rings is 1. The molecule has 0 bridgehead atoms. The van der Waals surface area contributed by atoms with Gasteiger partial charge in [0.15, 0.2) is 10.9 Å². The molecule has 3 rings (SSSR count). The van der Waals surface area contributed by atoms with E-state index in [2.05, 4.69) is 10.3 Å². The van der Waals surface area contributed by atoms with E-state index in [4.69, 9.17) is 16.0 Å². The van der Waals surface area contributed by atoms with Crippen molar-refractivity contribution in [3.8, 4) is 0 Å². The van der Waals surface area contributed by atoms with Gasteiger partial charge >= 0.3 is 0 Å². The molecule has 26 heavy (non-hydrogen) atoms. The van der Waals surface area contributed by atoms with E-state index in [1.807, 2.05) is 18.2 Å². The van der Waals surface area contributed by atoms with Crippen molar-refractivity contribution in [2.75, 3.05) is 5.32 Å². The van der Waals surface area contributed by atoms with Crippen LogP contribution in [0.2, 0.25) is 5.02 Å². The first-order valence-corrected chi connectivity index (χ1v) is 9.73. The Morgan fingerprint density at radius 3 is 2.96 bits per heavy atom. The number of benzene rings is 1. The van der Waals surface area contributed by atoms with Gasteiger partial charge in [0.05, 0.1) is 5.75 Å². The van der Waals surface area contributed by atoms with E-state index in [-0.39, 0.29) is 11.5 Å². The third-order valence-electron chi connectivity index (χ3n) is 3.28. The maximum atomic E-state index is 12.2. The van der Waals surface area contributed by atoms with Crippen molar-refractivity contribution in [1.29, 1.82) is 0 Å².